The lowest BCUT2D eigenvalue weighted by atomic mass is 9.74. The predicted molar refractivity (Wildman–Crippen MR) is 98.6 cm³/mol. The molecule has 2 fully saturated rings. The lowest BCUT2D eigenvalue weighted by Crippen LogP contribution is -2.33. The topological polar surface area (TPSA) is 40.5 Å². The lowest BCUT2D eigenvalue weighted by molar-refractivity contribution is 0.0278. The van der Waals surface area contributed by atoms with Crippen molar-refractivity contribution in [3.8, 4) is 0 Å². The molecule has 1 aromatic carbocycles. The zero-order chi connectivity index (χ0) is 17.3. The Balaban J connectivity index is 1.62. The van der Waals surface area contributed by atoms with Gasteiger partial charge in [0.05, 0.1) is 11.7 Å². The van der Waals surface area contributed by atoms with Crippen LogP contribution < -0.4 is 0 Å². The average molecular weight is 328 g/mol. The SMILES string of the molecule is C[C@@H]1CC(C=CCc2ccc(C(C)(C)O)cc2)C2C(O)CCCC21. The van der Waals surface area contributed by atoms with E-state index in [9.17, 15) is 10.2 Å². The molecule has 3 rings (SSSR count). The molecule has 0 radical (unpaired) electrons. The summed E-state index contributed by atoms with van der Waals surface area (Å²) in [5.74, 6) is 2.47. The van der Waals surface area contributed by atoms with Gasteiger partial charge in [0.2, 0.25) is 0 Å². The zero-order valence-corrected chi connectivity index (χ0v) is 15.3. The van der Waals surface area contributed by atoms with Crippen LogP contribution in [0.4, 0.5) is 0 Å². The Labute approximate surface area is 146 Å². The number of benzene rings is 1. The second-order valence-corrected chi connectivity index (χ2v) is 8.50. The third-order valence-electron chi connectivity index (χ3n) is 6.24. The number of aliphatic hydroxyl groups is 2. The van der Waals surface area contributed by atoms with Gasteiger partial charge in [0, 0.05) is 0 Å². The number of fused-ring (bicyclic) bond motifs is 1. The largest absolute Gasteiger partial charge is 0.393 e. The van der Waals surface area contributed by atoms with Crippen LogP contribution in [0, 0.1) is 23.7 Å². The highest BCUT2D eigenvalue weighted by atomic mass is 16.3. The second-order valence-electron chi connectivity index (χ2n) is 8.50. The van der Waals surface area contributed by atoms with E-state index >= 15 is 0 Å². The number of rotatable bonds is 4. The van der Waals surface area contributed by atoms with E-state index in [1.165, 1.54) is 24.8 Å². The van der Waals surface area contributed by atoms with E-state index in [1.54, 1.807) is 0 Å². The number of hydrogen-bond donors (Lipinski definition) is 2. The summed E-state index contributed by atoms with van der Waals surface area (Å²) < 4.78 is 0. The monoisotopic (exact) mass is 328 g/mol. The molecule has 0 amide bonds. The quantitative estimate of drug-likeness (QED) is 0.802. The van der Waals surface area contributed by atoms with Crippen molar-refractivity contribution in [2.45, 2.75) is 64.6 Å². The van der Waals surface area contributed by atoms with Crippen molar-refractivity contribution in [2.24, 2.45) is 23.7 Å². The van der Waals surface area contributed by atoms with Crippen LogP contribution in [0.2, 0.25) is 0 Å². The van der Waals surface area contributed by atoms with E-state index in [1.807, 2.05) is 26.0 Å². The summed E-state index contributed by atoms with van der Waals surface area (Å²) in [5, 5.41) is 20.5. The van der Waals surface area contributed by atoms with Gasteiger partial charge in [-0.05, 0) is 74.3 Å². The highest BCUT2D eigenvalue weighted by molar-refractivity contribution is 5.27. The fourth-order valence-electron chi connectivity index (χ4n) is 4.90. The minimum absolute atomic E-state index is 0.102. The summed E-state index contributed by atoms with van der Waals surface area (Å²) in [4.78, 5) is 0. The maximum absolute atomic E-state index is 10.4. The van der Waals surface area contributed by atoms with Gasteiger partial charge in [-0.15, -0.1) is 0 Å². The molecule has 0 aromatic heterocycles. The second kappa shape index (κ2) is 7.01. The van der Waals surface area contributed by atoms with Crippen molar-refractivity contribution in [2.75, 3.05) is 0 Å². The van der Waals surface area contributed by atoms with Crippen LogP contribution in [0.25, 0.3) is 0 Å². The maximum Gasteiger partial charge on any atom is 0.0840 e. The van der Waals surface area contributed by atoms with Crippen LogP contribution >= 0.6 is 0 Å². The van der Waals surface area contributed by atoms with Gasteiger partial charge in [0.15, 0.2) is 0 Å². The van der Waals surface area contributed by atoms with Crippen LogP contribution in [0.5, 0.6) is 0 Å². The Morgan fingerprint density at radius 1 is 1.17 bits per heavy atom. The standard InChI is InChI=1S/C22H32O2/c1-15-14-17(21-19(15)8-5-9-20(21)23)7-4-6-16-10-12-18(13-11-16)22(2,3)24/h4,7,10-13,15,17,19-21,23-24H,5-6,8-9,14H2,1-3H3/t15-,17?,19?,20?,21?/m1/s1. The molecule has 1 aromatic rings. The molecule has 0 aliphatic heterocycles. The van der Waals surface area contributed by atoms with Crippen LogP contribution in [0.1, 0.15) is 57.6 Å². The summed E-state index contributed by atoms with van der Waals surface area (Å²) in [5.41, 5.74) is 1.44. The Morgan fingerprint density at radius 3 is 2.54 bits per heavy atom. The minimum Gasteiger partial charge on any atom is -0.393 e. The molecule has 2 heteroatoms. The van der Waals surface area contributed by atoms with Gasteiger partial charge < -0.3 is 10.2 Å². The molecule has 132 valence electrons. The maximum atomic E-state index is 10.4. The van der Waals surface area contributed by atoms with Gasteiger partial charge in [-0.25, -0.2) is 0 Å². The van der Waals surface area contributed by atoms with Gasteiger partial charge in [-0.3, -0.25) is 0 Å². The van der Waals surface area contributed by atoms with Crippen molar-refractivity contribution in [3.05, 3.63) is 47.5 Å². The zero-order valence-electron chi connectivity index (χ0n) is 15.3. The summed E-state index contributed by atoms with van der Waals surface area (Å²) >= 11 is 0. The molecule has 24 heavy (non-hydrogen) atoms. The van der Waals surface area contributed by atoms with Gasteiger partial charge >= 0.3 is 0 Å². The van der Waals surface area contributed by atoms with Gasteiger partial charge in [0.25, 0.3) is 0 Å². The third kappa shape index (κ3) is 3.75. The molecular weight excluding hydrogens is 296 g/mol. The lowest BCUT2D eigenvalue weighted by Gasteiger charge is -2.34. The average Bonchev–Trinajstić information content (AvgIpc) is 2.85. The van der Waals surface area contributed by atoms with Crippen LogP contribution in [0.15, 0.2) is 36.4 Å². The van der Waals surface area contributed by atoms with Gasteiger partial charge in [-0.2, -0.15) is 0 Å². The Bertz CT molecular complexity index is 567. The first-order chi connectivity index (χ1) is 11.4. The van der Waals surface area contributed by atoms with E-state index in [0.29, 0.717) is 11.8 Å². The third-order valence-corrected chi connectivity index (χ3v) is 6.24. The van der Waals surface area contributed by atoms with Gasteiger partial charge in [-0.1, -0.05) is 49.8 Å². The summed E-state index contributed by atoms with van der Waals surface area (Å²) in [7, 11) is 0. The predicted octanol–water partition coefficient (Wildman–Crippen LogP) is 4.45. The van der Waals surface area contributed by atoms with Crippen LogP contribution in [0.3, 0.4) is 0 Å². The first-order valence-corrected chi connectivity index (χ1v) is 9.53. The number of aliphatic hydroxyl groups excluding tert-OH is 1. The Morgan fingerprint density at radius 2 is 1.88 bits per heavy atom. The molecule has 4 unspecified atom stereocenters. The highest BCUT2D eigenvalue weighted by Gasteiger charge is 2.44. The van der Waals surface area contributed by atoms with E-state index in [-0.39, 0.29) is 6.10 Å². The molecule has 2 N–H and O–H groups in total. The fourth-order valence-corrected chi connectivity index (χ4v) is 4.90. The first-order valence-electron chi connectivity index (χ1n) is 9.53. The first kappa shape index (κ1) is 17.7. The molecule has 2 aliphatic rings. The smallest absolute Gasteiger partial charge is 0.0840 e. The molecule has 2 nitrogen and oxygen atoms in total. The molecule has 0 spiro atoms. The summed E-state index contributed by atoms with van der Waals surface area (Å²) in [6.45, 7) is 5.99. The molecule has 2 aliphatic carbocycles. The van der Waals surface area contributed by atoms with Crippen molar-refractivity contribution in [1.82, 2.24) is 0 Å². The molecule has 0 bridgehead atoms. The van der Waals surface area contributed by atoms with E-state index < -0.39 is 5.60 Å². The summed E-state index contributed by atoms with van der Waals surface area (Å²) in [6, 6.07) is 8.24. The van der Waals surface area contributed by atoms with Crippen molar-refractivity contribution in [3.63, 3.8) is 0 Å². The molecule has 0 saturated heterocycles. The number of allylic oxidation sites excluding steroid dienone is 2. The summed E-state index contributed by atoms with van der Waals surface area (Å²) in [6.07, 6.45) is 10.2. The van der Waals surface area contributed by atoms with Crippen molar-refractivity contribution >= 4 is 0 Å². The van der Waals surface area contributed by atoms with Crippen LogP contribution in [-0.4, -0.2) is 16.3 Å². The molecule has 0 heterocycles. The van der Waals surface area contributed by atoms with Crippen molar-refractivity contribution < 1.29 is 10.2 Å². The normalized spacial score (nSPS) is 33.8. The fraction of sp³-hybridized carbons (Fsp3) is 0.636. The van der Waals surface area contributed by atoms with E-state index in [4.69, 9.17) is 0 Å². The molecule has 2 saturated carbocycles. The molecular formula is C22H32O2. The Kier molecular flexibility index (Phi) is 5.17. The van der Waals surface area contributed by atoms with E-state index in [0.717, 1.165) is 30.2 Å². The van der Waals surface area contributed by atoms with Crippen LogP contribution in [-0.2, 0) is 12.0 Å². The van der Waals surface area contributed by atoms with E-state index in [2.05, 4.69) is 31.2 Å². The molecule has 5 atom stereocenters. The highest BCUT2D eigenvalue weighted by Crippen LogP contribution is 2.49. The van der Waals surface area contributed by atoms with Crippen molar-refractivity contribution in [1.29, 1.82) is 0 Å². The Hall–Kier alpha value is -1.12. The minimum atomic E-state index is -0.777. The number of hydrogen-bond acceptors (Lipinski definition) is 2. The van der Waals surface area contributed by atoms with Gasteiger partial charge in [0.1, 0.15) is 0 Å².